The minimum atomic E-state index is -6.39. The van der Waals surface area contributed by atoms with Crippen LogP contribution in [0.4, 0.5) is 0 Å². The minimum absolute atomic E-state index is 0.0106. The second-order valence-corrected chi connectivity index (χ2v) is 23.7. The van der Waals surface area contributed by atoms with Crippen molar-refractivity contribution >= 4 is 61.7 Å². The number of fused-ring (bicyclic) bond motifs is 4. The Bertz CT molecular complexity index is 6340. The average molecular weight is 1120 g/mol. The second-order valence-electron chi connectivity index (χ2n) is 20.1. The maximum absolute atomic E-state index is 10.2. The van der Waals surface area contributed by atoms with E-state index in [9.17, 15) is 21.9 Å². The van der Waals surface area contributed by atoms with Crippen LogP contribution in [-0.2, 0) is 5.41 Å². The summed E-state index contributed by atoms with van der Waals surface area (Å²) in [6.45, 7) is 1.99. The molecule has 6 heteroatoms. The van der Waals surface area contributed by atoms with E-state index in [4.69, 9.17) is 33.0 Å². The number of hydrogen-bond acceptors (Lipinski definition) is 2. The predicted molar refractivity (Wildman–Crippen MR) is 346 cm³/mol. The van der Waals surface area contributed by atoms with Gasteiger partial charge in [0.2, 0.25) is 0 Å². The first kappa shape index (κ1) is 26.6. The molecule has 0 spiro atoms. The third-order valence-corrected chi connectivity index (χ3v) is 18.4. The zero-order chi connectivity index (χ0) is 84.7. The first-order chi connectivity index (χ1) is 54.3. The molecule has 0 saturated carbocycles. The van der Waals surface area contributed by atoms with Crippen molar-refractivity contribution in [2.75, 3.05) is 0 Å². The molecule has 0 aliphatic heterocycles. The van der Waals surface area contributed by atoms with Crippen LogP contribution in [0.25, 0.3) is 83.4 Å². The molecule has 14 aromatic rings. The lowest BCUT2D eigenvalue weighted by Gasteiger charge is -2.38. The van der Waals surface area contributed by atoms with Gasteiger partial charge in [-0.2, -0.15) is 0 Å². The number of aryl methyl sites for hydroxylation is 1. The number of rotatable bonds is 12. The molecule has 0 amide bonds. The molecule has 0 N–H and O–H groups in total. The zero-order valence-corrected chi connectivity index (χ0v) is 45.1. The number of aromatic nitrogens is 4. The molecule has 0 fully saturated rings. The summed E-state index contributed by atoms with van der Waals surface area (Å²) < 4.78 is 315. The number of hydrogen-bond donors (Lipinski definition) is 0. The summed E-state index contributed by atoms with van der Waals surface area (Å²) in [4.78, 5) is 4.69. The van der Waals surface area contributed by atoms with Crippen molar-refractivity contribution in [1.29, 1.82) is 0 Å². The summed E-state index contributed by atoms with van der Waals surface area (Å²) in [7, 11) is -6.39. The van der Waals surface area contributed by atoms with Crippen molar-refractivity contribution in [3.8, 4) is 62.1 Å². The fraction of sp³-hybridized carbons (Fsp3) is 0.0649. The van der Waals surface area contributed by atoms with E-state index in [-0.39, 0.29) is 78.7 Å². The van der Waals surface area contributed by atoms with Crippen molar-refractivity contribution in [1.82, 2.24) is 14.1 Å². The maximum atomic E-state index is 10.2. The van der Waals surface area contributed by atoms with Gasteiger partial charge in [0.25, 0.3) is 6.33 Å². The fourth-order valence-electron chi connectivity index (χ4n) is 10.6. The SMILES string of the molecule is [2H]c1c([2H])c([2H])c(-c2cc(C(C)(C)C)c(-[n+]3[c-]n(-c4cccc(Oc5ccc6c7ccccc7n(-c7cc(C([2H])([2H])[2H])c(-c8c([2H])c([2H])c([2H])c([2H])c8[2H])cn7)c6c5)c4)c4cc(-c5c([2H])c([2H])c([2H])c([2H])c5[2H])ccc43)c([Si](c3c([2H])c([2H])c([2H])c([2H])c3[2H])(c3c([2H])c([2H])c([2H])c([2H])c3[2H])c3c([2H])c([2H])c([2H])c([2H])c3[2H])c2)c([2H])c1[2H]. The summed E-state index contributed by atoms with van der Waals surface area (Å²) >= 11 is 0. The van der Waals surface area contributed by atoms with Gasteiger partial charge in [0.1, 0.15) is 17.3 Å². The summed E-state index contributed by atoms with van der Waals surface area (Å²) in [5, 5.41) is -2.11. The van der Waals surface area contributed by atoms with Gasteiger partial charge in [-0.05, 0) is 120 Å². The molecule has 0 unspecified atom stereocenters. The van der Waals surface area contributed by atoms with E-state index < -0.39 is 228 Å². The third kappa shape index (κ3) is 9.14. The molecule has 0 radical (unpaired) electrons. The van der Waals surface area contributed by atoms with E-state index in [2.05, 4.69) is 6.33 Å². The highest BCUT2D eigenvalue weighted by molar-refractivity contribution is 7.20. The lowest BCUT2D eigenvalue weighted by Crippen LogP contribution is -2.76. The zero-order valence-electron chi connectivity index (χ0n) is 77.1. The lowest BCUT2D eigenvalue weighted by molar-refractivity contribution is -0.572. The summed E-state index contributed by atoms with van der Waals surface area (Å²) in [6.07, 6.45) is 4.52. The number of nitrogens with zero attached hydrogens (tertiary/aromatic N) is 4. The van der Waals surface area contributed by atoms with Crippen LogP contribution in [0.2, 0.25) is 0 Å². The van der Waals surface area contributed by atoms with Crippen LogP contribution in [0.15, 0.2) is 291 Å². The van der Waals surface area contributed by atoms with Gasteiger partial charge in [-0.25, -0.2) is 4.98 Å². The monoisotopic (exact) mass is 1120 g/mol. The molecule has 0 atom stereocenters. The lowest BCUT2D eigenvalue weighted by atomic mass is 9.83. The Kier molecular flexibility index (Phi) is 6.76. The molecule has 0 aliphatic carbocycles. The Morgan fingerprint density at radius 1 is 0.506 bits per heavy atom. The molecule has 0 bridgehead atoms. The third-order valence-electron chi connectivity index (χ3n) is 14.2. The van der Waals surface area contributed by atoms with Crippen LogP contribution in [0.1, 0.15) is 77.1 Å². The summed E-state index contributed by atoms with van der Waals surface area (Å²) in [5.74, 6) is 0.270. The van der Waals surface area contributed by atoms with E-state index in [0.29, 0.717) is 21.8 Å². The summed E-state index contributed by atoms with van der Waals surface area (Å²) in [6, 6.07) is -1.31. The minimum Gasteiger partial charge on any atom is -0.458 e. The Hall–Kier alpha value is -10.1. The number of pyridine rings is 1. The summed E-state index contributed by atoms with van der Waals surface area (Å²) in [5.41, 5.74) is -2.91. The number of benzene rings is 11. The molecule has 3 aromatic heterocycles. The van der Waals surface area contributed by atoms with Gasteiger partial charge in [-0.1, -0.05) is 251 Å². The highest BCUT2D eigenvalue weighted by Crippen LogP contribution is 2.38. The van der Waals surface area contributed by atoms with Crippen LogP contribution in [0, 0.1) is 13.2 Å². The number of para-hydroxylation sites is 1. The Balaban J connectivity index is 1.12. The van der Waals surface area contributed by atoms with E-state index in [0.717, 1.165) is 12.3 Å². The van der Waals surface area contributed by atoms with Gasteiger partial charge < -0.3 is 4.74 Å². The van der Waals surface area contributed by atoms with Crippen molar-refractivity contribution in [3.05, 3.63) is 308 Å². The van der Waals surface area contributed by atoms with Crippen molar-refractivity contribution in [2.24, 2.45) is 0 Å². The normalized spacial score (nSPS) is 17.6. The predicted octanol–water partition coefficient (Wildman–Crippen LogP) is 16.0. The highest BCUT2D eigenvalue weighted by atomic mass is 28.3. The molecule has 0 saturated heterocycles. The van der Waals surface area contributed by atoms with E-state index >= 15 is 0 Å². The van der Waals surface area contributed by atoms with Crippen molar-refractivity contribution in [2.45, 2.75) is 33.0 Å². The first-order valence-corrected chi connectivity index (χ1v) is 27.8. The average Bonchev–Trinajstić information content (AvgIpc) is 0.761. The Morgan fingerprint density at radius 3 is 1.71 bits per heavy atom. The number of ether oxygens (including phenoxy) is 1. The largest absolute Gasteiger partial charge is 0.458 e. The first-order valence-electron chi connectivity index (χ1n) is 42.3. The van der Waals surface area contributed by atoms with E-state index in [1.165, 1.54) is 45.5 Å². The number of imidazole rings is 1. The van der Waals surface area contributed by atoms with Crippen LogP contribution in [0.3, 0.4) is 0 Å². The highest BCUT2D eigenvalue weighted by Gasteiger charge is 2.45. The Labute approximate surface area is 532 Å². The molecule has 5 nitrogen and oxygen atoms in total. The van der Waals surface area contributed by atoms with Gasteiger partial charge in [-0.3, -0.25) is 13.7 Å². The van der Waals surface area contributed by atoms with Gasteiger partial charge >= 0.3 is 0 Å². The van der Waals surface area contributed by atoms with Crippen LogP contribution in [-0.4, -0.2) is 22.2 Å². The molecule has 14 rings (SSSR count). The molecule has 11 aromatic carbocycles. The molecular weight excluding hydrogens is 1020 g/mol. The quantitative estimate of drug-likeness (QED) is 0.0529. The van der Waals surface area contributed by atoms with Gasteiger partial charge in [-0.15, -0.1) is 0 Å². The van der Waals surface area contributed by atoms with Crippen LogP contribution in [0.5, 0.6) is 11.5 Å². The fourth-order valence-corrected chi connectivity index (χ4v) is 14.6. The smallest absolute Gasteiger partial charge is 0.269 e. The van der Waals surface area contributed by atoms with E-state index in [1.807, 2.05) is 6.07 Å². The maximum Gasteiger partial charge on any atom is 0.269 e. The molecule has 83 heavy (non-hydrogen) atoms. The standard InChI is InChI=1S/C77H60N4OSi/c1-54-46-75(78-52-68(54)57-30-15-7-16-31-57)81-70-41-24-23-40-66(70)67-44-43-62(51-72(67)81)82-61-33-25-32-60(50-61)79-53-80(71-45-42-58(48-73(71)79)55-26-11-5-12-27-55)76-69(77(2,3)4)47-59(56-28-13-6-14-29-56)49-74(76)83(63-34-17-8-18-35-63,64-36-19-9-20-37-64)65-38-21-10-22-39-65/h5-52H,1-4H3/i1D3,5D,6D,7D,8D,9D,10D,11D,12D,13D,14D,15D,16D,17D,18D,19D,20D,21D,22D,26D,27D,28D,29D,30D,31D,34D,35D,36D,37D,38D,39D. The Morgan fingerprint density at radius 2 is 1.08 bits per heavy atom. The van der Waals surface area contributed by atoms with Gasteiger partial charge in [0.15, 0.2) is 8.07 Å². The second kappa shape index (κ2) is 21.1. The molecular formula is C77H60N4OSi. The van der Waals surface area contributed by atoms with Gasteiger partial charge in [0.05, 0.1) is 74.6 Å². The molecule has 398 valence electrons. The van der Waals surface area contributed by atoms with E-state index in [1.54, 1.807) is 79.9 Å². The van der Waals surface area contributed by atoms with Crippen molar-refractivity contribution < 1.29 is 54.5 Å². The van der Waals surface area contributed by atoms with Gasteiger partial charge in [0, 0.05) is 32.7 Å². The van der Waals surface area contributed by atoms with Crippen LogP contribution < -0.4 is 30.1 Å². The topological polar surface area (TPSA) is 35.9 Å². The molecule has 0 aliphatic rings. The molecule has 3 heterocycles. The van der Waals surface area contributed by atoms with Crippen LogP contribution >= 0.6 is 0 Å². The van der Waals surface area contributed by atoms with Crippen molar-refractivity contribution in [3.63, 3.8) is 0 Å².